The van der Waals surface area contributed by atoms with Gasteiger partial charge in [-0.1, -0.05) is 35.3 Å². The van der Waals surface area contributed by atoms with Crippen molar-refractivity contribution in [3.8, 4) is 0 Å². The number of rotatable bonds is 5. The van der Waals surface area contributed by atoms with Crippen LogP contribution in [0.15, 0.2) is 71.6 Å². The van der Waals surface area contributed by atoms with Gasteiger partial charge in [0.1, 0.15) is 5.82 Å². The van der Waals surface area contributed by atoms with Gasteiger partial charge in [-0.2, -0.15) is 0 Å². The molecule has 0 saturated carbocycles. The molecule has 0 aliphatic heterocycles. The minimum atomic E-state index is -4.01. The van der Waals surface area contributed by atoms with Crippen LogP contribution < -0.4 is 10.0 Å². The largest absolute Gasteiger partial charge is 0.322 e. The fraction of sp³-hybridized carbons (Fsp3) is 0. The first-order chi connectivity index (χ1) is 13.3. The highest BCUT2D eigenvalue weighted by Crippen LogP contribution is 2.26. The number of anilines is 2. The fourth-order valence-corrected chi connectivity index (χ4v) is 3.74. The van der Waals surface area contributed by atoms with Crippen LogP contribution in [0.3, 0.4) is 0 Å². The molecule has 0 saturated heterocycles. The fourth-order valence-electron chi connectivity index (χ4n) is 2.36. The van der Waals surface area contributed by atoms with E-state index in [4.69, 9.17) is 23.2 Å². The Morgan fingerprint density at radius 1 is 0.893 bits per heavy atom. The van der Waals surface area contributed by atoms with E-state index in [1.165, 1.54) is 24.3 Å². The summed E-state index contributed by atoms with van der Waals surface area (Å²) in [6.07, 6.45) is 0. The number of para-hydroxylation sites is 1. The molecule has 0 unspecified atom stereocenters. The number of halogens is 3. The number of hydrogen-bond acceptors (Lipinski definition) is 3. The molecule has 0 fully saturated rings. The molecule has 28 heavy (non-hydrogen) atoms. The van der Waals surface area contributed by atoms with Gasteiger partial charge in [0, 0.05) is 5.69 Å². The van der Waals surface area contributed by atoms with Crippen molar-refractivity contribution in [2.45, 2.75) is 4.90 Å². The number of carbonyl (C=O) groups is 1. The van der Waals surface area contributed by atoms with Crippen molar-refractivity contribution in [3.05, 3.63) is 88.2 Å². The summed E-state index contributed by atoms with van der Waals surface area (Å²) in [7, 11) is -4.01. The predicted molar refractivity (Wildman–Crippen MR) is 108 cm³/mol. The van der Waals surface area contributed by atoms with Crippen molar-refractivity contribution >= 4 is 50.5 Å². The number of hydrogen-bond donors (Lipinski definition) is 2. The van der Waals surface area contributed by atoms with Crippen LogP contribution in [0.4, 0.5) is 15.8 Å². The molecule has 0 aliphatic carbocycles. The highest BCUT2D eigenvalue weighted by molar-refractivity contribution is 7.92. The average Bonchev–Trinajstić information content (AvgIpc) is 2.65. The lowest BCUT2D eigenvalue weighted by Crippen LogP contribution is -2.18. The van der Waals surface area contributed by atoms with Gasteiger partial charge in [0.25, 0.3) is 15.9 Å². The molecule has 0 aliphatic rings. The molecule has 0 bridgehead atoms. The molecule has 3 aromatic rings. The Labute approximate surface area is 171 Å². The van der Waals surface area contributed by atoms with E-state index < -0.39 is 21.7 Å². The number of amides is 1. The maximum absolute atomic E-state index is 13.0. The third kappa shape index (κ3) is 4.62. The van der Waals surface area contributed by atoms with Crippen molar-refractivity contribution in [1.82, 2.24) is 0 Å². The third-order valence-corrected chi connectivity index (χ3v) is 5.84. The molecule has 0 aromatic heterocycles. The zero-order valence-corrected chi connectivity index (χ0v) is 16.4. The van der Waals surface area contributed by atoms with Gasteiger partial charge in [-0.3, -0.25) is 9.52 Å². The normalized spacial score (nSPS) is 11.1. The van der Waals surface area contributed by atoms with Crippen LogP contribution in [0, 0.1) is 5.82 Å². The molecule has 3 rings (SSSR count). The first kappa shape index (κ1) is 20.1. The van der Waals surface area contributed by atoms with Crippen LogP contribution in [0.5, 0.6) is 0 Å². The van der Waals surface area contributed by atoms with E-state index >= 15 is 0 Å². The zero-order chi connectivity index (χ0) is 20.3. The highest BCUT2D eigenvalue weighted by Gasteiger charge is 2.19. The van der Waals surface area contributed by atoms with Crippen molar-refractivity contribution < 1.29 is 17.6 Å². The molecule has 0 atom stereocenters. The number of nitrogens with one attached hydrogen (secondary N) is 2. The molecular formula is C19H13Cl2FN2O3S. The van der Waals surface area contributed by atoms with Crippen LogP contribution in [-0.2, 0) is 10.0 Å². The Morgan fingerprint density at radius 3 is 2.25 bits per heavy atom. The van der Waals surface area contributed by atoms with E-state index in [0.717, 1.165) is 24.3 Å². The minimum absolute atomic E-state index is 0.0735. The molecule has 0 spiro atoms. The van der Waals surface area contributed by atoms with E-state index in [0.29, 0.717) is 10.7 Å². The lowest BCUT2D eigenvalue weighted by atomic mass is 10.1. The highest BCUT2D eigenvalue weighted by atomic mass is 35.5. The molecule has 9 heteroatoms. The van der Waals surface area contributed by atoms with Crippen LogP contribution in [0.25, 0.3) is 0 Å². The summed E-state index contributed by atoms with van der Waals surface area (Å²) in [5.41, 5.74) is 0.569. The SMILES string of the molecule is O=C(Nc1ccc(Cl)c(Cl)c1)c1ccccc1NS(=O)(=O)c1ccc(F)cc1. The predicted octanol–water partition coefficient (Wildman–Crippen LogP) is 5.19. The van der Waals surface area contributed by atoms with E-state index in [9.17, 15) is 17.6 Å². The first-order valence-electron chi connectivity index (χ1n) is 7.90. The summed E-state index contributed by atoms with van der Waals surface area (Å²) in [5.74, 6) is -1.10. The summed E-state index contributed by atoms with van der Waals surface area (Å²) < 4.78 is 40.5. The molecule has 1 amide bonds. The quantitative estimate of drug-likeness (QED) is 0.575. The monoisotopic (exact) mass is 438 g/mol. The van der Waals surface area contributed by atoms with Gasteiger partial charge in [0.15, 0.2) is 0 Å². The second-order valence-corrected chi connectivity index (χ2v) is 8.18. The maximum atomic E-state index is 13.0. The molecule has 0 radical (unpaired) electrons. The Hall–Kier alpha value is -2.61. The second-order valence-electron chi connectivity index (χ2n) is 5.69. The van der Waals surface area contributed by atoms with Gasteiger partial charge in [0.05, 0.1) is 26.2 Å². The molecule has 5 nitrogen and oxygen atoms in total. The van der Waals surface area contributed by atoms with Crippen molar-refractivity contribution in [2.75, 3.05) is 10.0 Å². The maximum Gasteiger partial charge on any atom is 0.261 e. The second kappa shape index (κ2) is 8.18. The Balaban J connectivity index is 1.87. The van der Waals surface area contributed by atoms with Crippen molar-refractivity contribution in [3.63, 3.8) is 0 Å². The van der Waals surface area contributed by atoms with Crippen LogP contribution in [0.1, 0.15) is 10.4 Å². The van der Waals surface area contributed by atoms with Gasteiger partial charge >= 0.3 is 0 Å². The van der Waals surface area contributed by atoms with E-state index in [-0.39, 0.29) is 21.2 Å². The lowest BCUT2D eigenvalue weighted by Gasteiger charge is -2.13. The molecule has 2 N–H and O–H groups in total. The van der Waals surface area contributed by atoms with Gasteiger partial charge in [0.2, 0.25) is 0 Å². The van der Waals surface area contributed by atoms with Crippen molar-refractivity contribution in [1.29, 1.82) is 0 Å². The first-order valence-corrected chi connectivity index (χ1v) is 10.1. The zero-order valence-electron chi connectivity index (χ0n) is 14.1. The number of carbonyl (C=O) groups excluding carboxylic acids is 1. The molecule has 0 heterocycles. The summed E-state index contributed by atoms with van der Waals surface area (Å²) in [4.78, 5) is 12.5. The topological polar surface area (TPSA) is 75.3 Å². The van der Waals surface area contributed by atoms with E-state index in [2.05, 4.69) is 10.0 Å². The lowest BCUT2D eigenvalue weighted by molar-refractivity contribution is 0.102. The van der Waals surface area contributed by atoms with Gasteiger partial charge in [-0.05, 0) is 54.6 Å². The van der Waals surface area contributed by atoms with E-state index in [1.807, 2.05) is 0 Å². The summed E-state index contributed by atoms with van der Waals surface area (Å²) in [6, 6.07) is 15.0. The summed E-state index contributed by atoms with van der Waals surface area (Å²) >= 11 is 11.8. The Bertz CT molecular complexity index is 1140. The third-order valence-electron chi connectivity index (χ3n) is 3.72. The molecule has 144 valence electrons. The van der Waals surface area contributed by atoms with Crippen LogP contribution in [0.2, 0.25) is 10.0 Å². The van der Waals surface area contributed by atoms with Crippen LogP contribution in [-0.4, -0.2) is 14.3 Å². The summed E-state index contributed by atoms with van der Waals surface area (Å²) in [6.45, 7) is 0. The van der Waals surface area contributed by atoms with Gasteiger partial charge in [-0.15, -0.1) is 0 Å². The van der Waals surface area contributed by atoms with Gasteiger partial charge in [-0.25, -0.2) is 12.8 Å². The minimum Gasteiger partial charge on any atom is -0.322 e. The summed E-state index contributed by atoms with van der Waals surface area (Å²) in [5, 5.41) is 3.24. The standard InChI is InChI=1S/C19H13Cl2FN2O3S/c20-16-10-7-13(11-17(16)21)23-19(25)15-3-1-2-4-18(15)24-28(26,27)14-8-5-12(22)6-9-14/h1-11,24H,(H,23,25). The number of sulfonamides is 1. The van der Waals surface area contributed by atoms with E-state index in [1.54, 1.807) is 18.2 Å². The van der Waals surface area contributed by atoms with Crippen LogP contribution >= 0.6 is 23.2 Å². The molecule has 3 aromatic carbocycles. The molecular weight excluding hydrogens is 426 g/mol. The Kier molecular flexibility index (Phi) is 5.88. The van der Waals surface area contributed by atoms with Gasteiger partial charge < -0.3 is 5.32 Å². The Morgan fingerprint density at radius 2 is 1.57 bits per heavy atom. The number of benzene rings is 3. The smallest absolute Gasteiger partial charge is 0.261 e. The van der Waals surface area contributed by atoms with Crippen molar-refractivity contribution in [2.24, 2.45) is 0 Å². The average molecular weight is 439 g/mol.